The van der Waals surface area contributed by atoms with Gasteiger partial charge in [-0.1, -0.05) is 34.1 Å². The molecule has 152 valence electrons. The highest BCUT2D eigenvalue weighted by molar-refractivity contribution is 14.0. The lowest BCUT2D eigenvalue weighted by Crippen LogP contribution is -2.41. The predicted molar refractivity (Wildman–Crippen MR) is 124 cm³/mol. The molecule has 2 aliphatic rings. The van der Waals surface area contributed by atoms with Crippen LogP contribution in [-0.2, 0) is 14.9 Å². The summed E-state index contributed by atoms with van der Waals surface area (Å²) in [7, 11) is 1.83. The molecule has 0 amide bonds. The summed E-state index contributed by atoms with van der Waals surface area (Å²) in [5.41, 5.74) is 1.64. The Morgan fingerprint density at radius 2 is 2.00 bits per heavy atom. The molecule has 5 nitrogen and oxygen atoms in total. The third-order valence-corrected chi connectivity index (χ3v) is 5.94. The van der Waals surface area contributed by atoms with E-state index in [0.29, 0.717) is 6.10 Å². The van der Waals surface area contributed by atoms with Gasteiger partial charge in [-0.15, -0.1) is 24.0 Å². The fourth-order valence-electron chi connectivity index (χ4n) is 3.43. The van der Waals surface area contributed by atoms with Crippen molar-refractivity contribution in [3.63, 3.8) is 0 Å². The molecule has 1 saturated carbocycles. The molecule has 2 fully saturated rings. The van der Waals surface area contributed by atoms with Gasteiger partial charge in [-0.25, -0.2) is 0 Å². The average molecular weight is 552 g/mol. The van der Waals surface area contributed by atoms with E-state index >= 15 is 0 Å². The smallest absolute Gasteiger partial charge is 0.191 e. The summed E-state index contributed by atoms with van der Waals surface area (Å²) < 4.78 is 12.5. The Morgan fingerprint density at radius 1 is 1.26 bits per heavy atom. The van der Waals surface area contributed by atoms with E-state index < -0.39 is 0 Å². The van der Waals surface area contributed by atoms with E-state index in [4.69, 9.17) is 9.47 Å². The van der Waals surface area contributed by atoms with E-state index in [0.717, 1.165) is 58.1 Å². The van der Waals surface area contributed by atoms with Gasteiger partial charge in [0, 0.05) is 49.8 Å². The van der Waals surface area contributed by atoms with Gasteiger partial charge >= 0.3 is 0 Å². The zero-order chi connectivity index (χ0) is 18.2. The van der Waals surface area contributed by atoms with Crippen LogP contribution in [0, 0.1) is 0 Å². The summed E-state index contributed by atoms with van der Waals surface area (Å²) in [6.07, 6.45) is 5.84. The molecular formula is C20H31BrIN3O2. The van der Waals surface area contributed by atoms with Crippen LogP contribution < -0.4 is 10.6 Å². The third kappa shape index (κ3) is 6.87. The Kier molecular flexibility index (Phi) is 9.82. The van der Waals surface area contributed by atoms with Crippen molar-refractivity contribution in [2.75, 3.05) is 40.0 Å². The number of halogens is 2. The molecule has 1 aliphatic carbocycles. The van der Waals surface area contributed by atoms with Crippen molar-refractivity contribution in [3.05, 3.63) is 34.3 Å². The molecule has 0 atom stereocenters. The van der Waals surface area contributed by atoms with E-state index in [2.05, 4.69) is 55.8 Å². The Labute approximate surface area is 188 Å². The van der Waals surface area contributed by atoms with Crippen LogP contribution in [0.1, 0.15) is 37.7 Å². The van der Waals surface area contributed by atoms with Gasteiger partial charge in [0.15, 0.2) is 5.96 Å². The van der Waals surface area contributed by atoms with Gasteiger partial charge < -0.3 is 20.1 Å². The first-order valence-electron chi connectivity index (χ1n) is 9.62. The molecule has 0 unspecified atom stereocenters. The van der Waals surface area contributed by atoms with Crippen molar-refractivity contribution < 1.29 is 9.47 Å². The second-order valence-corrected chi connectivity index (χ2v) is 8.00. The van der Waals surface area contributed by atoms with Crippen LogP contribution in [0.4, 0.5) is 0 Å². The zero-order valence-corrected chi connectivity index (χ0v) is 19.9. The summed E-state index contributed by atoms with van der Waals surface area (Å²) in [6.45, 7) is 4.23. The van der Waals surface area contributed by atoms with Crippen molar-refractivity contribution in [3.8, 4) is 0 Å². The molecule has 0 radical (unpaired) electrons. The lowest BCUT2D eigenvalue weighted by molar-refractivity contribution is -0.0320. The molecule has 2 N–H and O–H groups in total. The Hall–Kier alpha value is -0.380. The van der Waals surface area contributed by atoms with Gasteiger partial charge in [-0.3, -0.25) is 4.99 Å². The fraction of sp³-hybridized carbons (Fsp3) is 0.650. The second kappa shape index (κ2) is 11.6. The first kappa shape index (κ1) is 22.9. The number of benzene rings is 1. The highest BCUT2D eigenvalue weighted by Gasteiger charge is 2.45. The van der Waals surface area contributed by atoms with Crippen LogP contribution >= 0.6 is 39.9 Å². The van der Waals surface area contributed by atoms with Crippen LogP contribution in [0.25, 0.3) is 0 Å². The molecule has 0 spiro atoms. The quantitative estimate of drug-likeness (QED) is 0.223. The largest absolute Gasteiger partial charge is 0.381 e. The summed E-state index contributed by atoms with van der Waals surface area (Å²) in [5, 5.41) is 6.89. The van der Waals surface area contributed by atoms with Crippen molar-refractivity contribution in [2.45, 2.75) is 43.6 Å². The van der Waals surface area contributed by atoms with Gasteiger partial charge in [0.2, 0.25) is 0 Å². The van der Waals surface area contributed by atoms with Crippen molar-refractivity contribution in [1.82, 2.24) is 10.6 Å². The number of rotatable bonds is 8. The van der Waals surface area contributed by atoms with Crippen LogP contribution in [-0.4, -0.2) is 52.0 Å². The van der Waals surface area contributed by atoms with E-state index in [-0.39, 0.29) is 29.4 Å². The number of guanidine groups is 1. The number of nitrogens with zero attached hydrogens (tertiary/aromatic N) is 1. The second-order valence-electron chi connectivity index (χ2n) is 7.15. The standard InChI is InChI=1S/C20H30BrN3O2.HI/c1-22-19(23-11-4-12-26-16-7-13-25-14-8-16)24-15-20(9-10-20)17-5-2-3-6-18(17)21;/h2-3,5-6,16H,4,7-15H2,1H3,(H2,22,23,24);1H. The van der Waals surface area contributed by atoms with Crippen LogP contribution in [0.5, 0.6) is 0 Å². The van der Waals surface area contributed by atoms with Crippen LogP contribution in [0.2, 0.25) is 0 Å². The number of aliphatic imine (C=N–C) groups is 1. The van der Waals surface area contributed by atoms with Gasteiger partial charge in [0.25, 0.3) is 0 Å². The summed E-state index contributed by atoms with van der Waals surface area (Å²) in [4.78, 5) is 4.35. The highest BCUT2D eigenvalue weighted by Crippen LogP contribution is 2.49. The van der Waals surface area contributed by atoms with Gasteiger partial charge in [-0.2, -0.15) is 0 Å². The molecule has 1 saturated heterocycles. The molecule has 1 heterocycles. The van der Waals surface area contributed by atoms with E-state index in [9.17, 15) is 0 Å². The number of hydrogen-bond donors (Lipinski definition) is 2. The van der Waals surface area contributed by atoms with Gasteiger partial charge in [0.1, 0.15) is 0 Å². The Balaban J connectivity index is 0.00000261. The summed E-state index contributed by atoms with van der Waals surface area (Å²) in [6, 6.07) is 8.54. The van der Waals surface area contributed by atoms with Gasteiger partial charge in [-0.05, 0) is 43.7 Å². The predicted octanol–water partition coefficient (Wildman–Crippen LogP) is 3.85. The normalized spacial score (nSPS) is 19.3. The number of hydrogen-bond acceptors (Lipinski definition) is 3. The summed E-state index contributed by atoms with van der Waals surface area (Å²) >= 11 is 3.69. The van der Waals surface area contributed by atoms with Crippen LogP contribution in [0.3, 0.4) is 0 Å². The van der Waals surface area contributed by atoms with Gasteiger partial charge in [0.05, 0.1) is 6.10 Å². The molecular weight excluding hydrogens is 521 g/mol. The minimum atomic E-state index is 0. The molecule has 1 aliphatic heterocycles. The maximum absolute atomic E-state index is 5.91. The lowest BCUT2D eigenvalue weighted by Gasteiger charge is -2.22. The third-order valence-electron chi connectivity index (χ3n) is 5.25. The molecule has 0 bridgehead atoms. The maximum atomic E-state index is 5.91. The van der Waals surface area contributed by atoms with Crippen LogP contribution in [0.15, 0.2) is 33.7 Å². The van der Waals surface area contributed by atoms with E-state index in [1.54, 1.807) is 0 Å². The molecule has 3 rings (SSSR count). The molecule has 27 heavy (non-hydrogen) atoms. The minimum absolute atomic E-state index is 0. The molecule has 7 heteroatoms. The van der Waals surface area contributed by atoms with E-state index in [1.807, 2.05) is 7.05 Å². The zero-order valence-electron chi connectivity index (χ0n) is 16.0. The SMILES string of the molecule is CN=C(NCCCOC1CCOCC1)NCC1(c2ccccc2Br)CC1.I. The maximum Gasteiger partial charge on any atom is 0.191 e. The monoisotopic (exact) mass is 551 g/mol. The van der Waals surface area contributed by atoms with Crippen molar-refractivity contribution in [1.29, 1.82) is 0 Å². The fourth-order valence-corrected chi connectivity index (χ4v) is 4.13. The minimum Gasteiger partial charge on any atom is -0.381 e. The average Bonchev–Trinajstić information content (AvgIpc) is 3.46. The molecule has 1 aromatic rings. The lowest BCUT2D eigenvalue weighted by atomic mass is 9.96. The molecule has 1 aromatic carbocycles. The van der Waals surface area contributed by atoms with E-state index in [1.165, 1.54) is 22.9 Å². The number of nitrogens with one attached hydrogen (secondary N) is 2. The number of ether oxygens (including phenoxy) is 2. The first-order chi connectivity index (χ1) is 12.7. The topological polar surface area (TPSA) is 54.9 Å². The Bertz CT molecular complexity index is 605. The van der Waals surface area contributed by atoms with Crippen molar-refractivity contribution in [2.24, 2.45) is 4.99 Å². The summed E-state index contributed by atoms with van der Waals surface area (Å²) in [5.74, 6) is 0.870. The van der Waals surface area contributed by atoms with Crippen molar-refractivity contribution >= 4 is 45.9 Å². The highest BCUT2D eigenvalue weighted by atomic mass is 127. The molecule has 0 aromatic heterocycles. The first-order valence-corrected chi connectivity index (χ1v) is 10.4. The Morgan fingerprint density at radius 3 is 2.67 bits per heavy atom.